The topological polar surface area (TPSA) is 0 Å². The minimum Gasteiger partial charge on any atom is -0.153 e. The highest BCUT2D eigenvalue weighted by molar-refractivity contribution is 8.07. The van der Waals surface area contributed by atoms with E-state index in [-0.39, 0.29) is 0 Å². The molecular formula is C44H34S. The van der Waals surface area contributed by atoms with Crippen molar-refractivity contribution in [1.29, 1.82) is 0 Å². The minimum absolute atomic E-state index is 0.968. The summed E-state index contributed by atoms with van der Waals surface area (Å²) < 4.78 is 0. The molecule has 216 valence electrons. The van der Waals surface area contributed by atoms with E-state index in [0.29, 0.717) is 0 Å². The van der Waals surface area contributed by atoms with Crippen LogP contribution in [0.4, 0.5) is 0 Å². The maximum absolute atomic E-state index is 2.40. The van der Waals surface area contributed by atoms with Crippen LogP contribution in [-0.2, 0) is 0 Å². The summed E-state index contributed by atoms with van der Waals surface area (Å²) in [5.41, 5.74) is 7.54. The van der Waals surface area contributed by atoms with E-state index in [9.17, 15) is 0 Å². The molecule has 1 aliphatic rings. The van der Waals surface area contributed by atoms with Crippen LogP contribution in [0.3, 0.4) is 0 Å². The number of benzene rings is 8. The first kappa shape index (κ1) is 27.7. The molecule has 8 aromatic carbocycles. The molecular weight excluding hydrogens is 561 g/mol. The van der Waals surface area contributed by atoms with Crippen LogP contribution in [0.15, 0.2) is 158 Å². The Hall–Kier alpha value is -4.85. The van der Waals surface area contributed by atoms with Gasteiger partial charge in [-0.1, -0.05) is 153 Å². The molecule has 0 nitrogen and oxygen atoms in total. The van der Waals surface area contributed by atoms with Crippen LogP contribution < -0.4 is 0 Å². The van der Waals surface area contributed by atoms with Gasteiger partial charge in [-0.25, -0.2) is 0 Å². The van der Waals surface area contributed by atoms with Crippen molar-refractivity contribution >= 4 is 54.9 Å². The maximum Gasteiger partial charge on any atom is 0.0138 e. The molecule has 0 spiro atoms. The van der Waals surface area contributed by atoms with Gasteiger partial charge in [-0.15, -0.1) is 0 Å². The van der Waals surface area contributed by atoms with E-state index in [4.69, 9.17) is 0 Å². The second kappa shape index (κ2) is 11.6. The van der Waals surface area contributed by atoms with Crippen LogP contribution in [0.1, 0.15) is 13.8 Å². The van der Waals surface area contributed by atoms with Gasteiger partial charge in [0.05, 0.1) is 0 Å². The molecule has 0 aromatic heterocycles. The van der Waals surface area contributed by atoms with Gasteiger partial charge in [-0.05, 0) is 94.7 Å². The van der Waals surface area contributed by atoms with Gasteiger partial charge in [-0.3, -0.25) is 0 Å². The lowest BCUT2D eigenvalue weighted by molar-refractivity contribution is 1.05. The number of fused-ring (bicyclic) bond motifs is 4. The van der Waals surface area contributed by atoms with Crippen molar-refractivity contribution < 1.29 is 0 Å². The van der Waals surface area contributed by atoms with Gasteiger partial charge in [0.15, 0.2) is 0 Å². The predicted octanol–water partition coefficient (Wildman–Crippen LogP) is 12.8. The second-order valence-electron chi connectivity index (χ2n) is 12.1. The highest BCUT2D eigenvalue weighted by Crippen LogP contribution is 2.45. The third kappa shape index (κ3) is 5.28. The molecule has 0 radical (unpaired) electrons. The van der Waals surface area contributed by atoms with Crippen molar-refractivity contribution in [1.82, 2.24) is 0 Å². The Morgan fingerprint density at radius 2 is 0.756 bits per heavy atom. The summed E-state index contributed by atoms with van der Waals surface area (Å²) in [7, 11) is 0. The van der Waals surface area contributed by atoms with E-state index in [1.54, 1.807) is 0 Å². The SMILES string of the molecule is CC1SC1C.c1ccc(-c2ccc3c(-c4ccc5ccccc5c4)c4ccccc4c(-c4ccc5ccccc5c4)c3c2)cc1. The average Bonchev–Trinajstić information content (AvgIpc) is 3.77. The summed E-state index contributed by atoms with van der Waals surface area (Å²) in [6.45, 7) is 4.52. The second-order valence-corrected chi connectivity index (χ2v) is 13.9. The molecule has 0 bridgehead atoms. The van der Waals surface area contributed by atoms with Crippen LogP contribution in [0, 0.1) is 0 Å². The van der Waals surface area contributed by atoms with E-state index in [1.807, 2.05) is 11.8 Å². The normalized spacial score (nSPS) is 15.7. The zero-order valence-corrected chi connectivity index (χ0v) is 26.4. The van der Waals surface area contributed by atoms with Crippen LogP contribution in [-0.4, -0.2) is 10.5 Å². The largest absolute Gasteiger partial charge is 0.153 e. The van der Waals surface area contributed by atoms with Crippen molar-refractivity contribution in [2.24, 2.45) is 0 Å². The Morgan fingerprint density at radius 3 is 1.29 bits per heavy atom. The molecule has 0 saturated carbocycles. The zero-order chi connectivity index (χ0) is 30.3. The van der Waals surface area contributed by atoms with Crippen molar-refractivity contribution in [2.45, 2.75) is 24.3 Å². The monoisotopic (exact) mass is 594 g/mol. The molecule has 0 N–H and O–H groups in total. The molecule has 9 rings (SSSR count). The van der Waals surface area contributed by atoms with E-state index in [2.05, 4.69) is 172 Å². The quantitative estimate of drug-likeness (QED) is 0.145. The first-order valence-corrected chi connectivity index (χ1v) is 16.8. The van der Waals surface area contributed by atoms with Crippen LogP contribution in [0.2, 0.25) is 0 Å². The molecule has 1 heterocycles. The third-order valence-corrected chi connectivity index (χ3v) is 10.6. The van der Waals surface area contributed by atoms with E-state index in [0.717, 1.165) is 10.5 Å². The van der Waals surface area contributed by atoms with Crippen molar-refractivity contribution in [2.75, 3.05) is 0 Å². The Balaban J connectivity index is 0.000000550. The fourth-order valence-corrected chi connectivity index (χ4v) is 7.18. The van der Waals surface area contributed by atoms with Crippen molar-refractivity contribution in [3.63, 3.8) is 0 Å². The summed E-state index contributed by atoms with van der Waals surface area (Å²) in [5, 5.41) is 12.1. The summed E-state index contributed by atoms with van der Waals surface area (Å²) >= 11 is 2.05. The predicted molar refractivity (Wildman–Crippen MR) is 199 cm³/mol. The fourth-order valence-electron chi connectivity index (χ4n) is 6.59. The average molecular weight is 595 g/mol. The number of hydrogen-bond donors (Lipinski definition) is 0. The Kier molecular flexibility index (Phi) is 7.12. The number of rotatable bonds is 3. The molecule has 1 saturated heterocycles. The van der Waals surface area contributed by atoms with Crippen LogP contribution >= 0.6 is 11.8 Å². The highest BCUT2D eigenvalue weighted by atomic mass is 32.2. The van der Waals surface area contributed by atoms with Crippen molar-refractivity contribution in [3.05, 3.63) is 158 Å². The molecule has 2 unspecified atom stereocenters. The number of hydrogen-bond acceptors (Lipinski definition) is 1. The van der Waals surface area contributed by atoms with Gasteiger partial charge in [0.1, 0.15) is 0 Å². The molecule has 1 aliphatic heterocycles. The van der Waals surface area contributed by atoms with Gasteiger partial charge in [0, 0.05) is 10.5 Å². The molecule has 2 atom stereocenters. The van der Waals surface area contributed by atoms with Gasteiger partial charge < -0.3 is 0 Å². The Bertz CT molecular complexity index is 2330. The molecule has 8 aromatic rings. The smallest absolute Gasteiger partial charge is 0.0138 e. The van der Waals surface area contributed by atoms with E-state index in [1.165, 1.54) is 76.5 Å². The fraction of sp³-hybridized carbons (Fsp3) is 0.0909. The van der Waals surface area contributed by atoms with Crippen molar-refractivity contribution in [3.8, 4) is 33.4 Å². The van der Waals surface area contributed by atoms with Gasteiger partial charge >= 0.3 is 0 Å². The van der Waals surface area contributed by atoms with Gasteiger partial charge in [0.25, 0.3) is 0 Å². The molecule has 1 heteroatoms. The molecule has 1 fully saturated rings. The molecule has 0 amide bonds. The van der Waals surface area contributed by atoms with Crippen LogP contribution in [0.25, 0.3) is 76.5 Å². The van der Waals surface area contributed by atoms with Gasteiger partial charge in [0.2, 0.25) is 0 Å². The summed E-state index contributed by atoms with van der Waals surface area (Å²) in [6, 6.07) is 57.6. The lowest BCUT2D eigenvalue weighted by Gasteiger charge is -2.19. The van der Waals surface area contributed by atoms with Gasteiger partial charge in [-0.2, -0.15) is 11.8 Å². The summed E-state index contributed by atoms with van der Waals surface area (Å²) in [6.07, 6.45) is 0. The summed E-state index contributed by atoms with van der Waals surface area (Å²) in [4.78, 5) is 0. The first-order valence-electron chi connectivity index (χ1n) is 15.8. The lowest BCUT2D eigenvalue weighted by Crippen LogP contribution is -1.92. The Labute approximate surface area is 269 Å². The molecule has 0 aliphatic carbocycles. The maximum atomic E-state index is 2.40. The lowest BCUT2D eigenvalue weighted by atomic mass is 9.84. The van der Waals surface area contributed by atoms with E-state index < -0.39 is 0 Å². The standard InChI is InChI=1S/C40H26.C4H8S/c1-2-10-27(11-3-1)32-22-23-37-38(26-32)40(34-21-19-29-13-5-7-15-31(29)25-34)36-17-9-8-16-35(36)39(37)33-20-18-28-12-4-6-14-30(28)24-33;1-3-4(2)5-3/h1-26H;3-4H,1-2H3. The third-order valence-electron chi connectivity index (χ3n) is 9.22. The number of thioether (sulfide) groups is 1. The summed E-state index contributed by atoms with van der Waals surface area (Å²) in [5.74, 6) is 0. The Morgan fingerprint density at radius 1 is 0.333 bits per heavy atom. The molecule has 45 heavy (non-hydrogen) atoms. The zero-order valence-electron chi connectivity index (χ0n) is 25.6. The minimum atomic E-state index is 0.968. The van der Waals surface area contributed by atoms with E-state index >= 15 is 0 Å². The highest BCUT2D eigenvalue weighted by Gasteiger charge is 2.27. The first-order chi connectivity index (χ1) is 22.1. The van der Waals surface area contributed by atoms with Crippen LogP contribution in [0.5, 0.6) is 0 Å².